The number of nitrogens with one attached hydrogen (secondary N) is 1. The van der Waals surface area contributed by atoms with Gasteiger partial charge in [0.15, 0.2) is 0 Å². The fourth-order valence-electron chi connectivity index (χ4n) is 2.61. The summed E-state index contributed by atoms with van der Waals surface area (Å²) in [6.45, 7) is 7.40. The van der Waals surface area contributed by atoms with E-state index in [1.807, 2.05) is 12.1 Å². The molecule has 1 aromatic heterocycles. The third-order valence-corrected chi connectivity index (χ3v) is 3.91. The van der Waals surface area contributed by atoms with Gasteiger partial charge in [0.25, 0.3) is 0 Å². The third-order valence-electron chi connectivity index (χ3n) is 3.91. The lowest BCUT2D eigenvalue weighted by Crippen LogP contribution is -2.45. The van der Waals surface area contributed by atoms with E-state index in [1.165, 1.54) is 0 Å². The van der Waals surface area contributed by atoms with Crippen LogP contribution in [0.1, 0.15) is 51.6 Å². The van der Waals surface area contributed by atoms with Crippen molar-refractivity contribution in [2.45, 2.75) is 51.7 Å². The van der Waals surface area contributed by atoms with E-state index in [2.05, 4.69) is 31.1 Å². The molecule has 108 valence electrons. The Hall–Kier alpha value is -1.13. The highest BCUT2D eigenvalue weighted by molar-refractivity contribution is 5.42. The minimum absolute atomic E-state index is 0.0705. The Balaban J connectivity index is 3.17. The summed E-state index contributed by atoms with van der Waals surface area (Å²) in [6.07, 6.45) is 4.65. The molecule has 0 saturated heterocycles. The van der Waals surface area contributed by atoms with Crippen LogP contribution in [0.15, 0.2) is 18.3 Å². The molecule has 0 spiro atoms. The Morgan fingerprint density at radius 2 is 2.05 bits per heavy atom. The molecule has 0 aliphatic heterocycles. The van der Waals surface area contributed by atoms with Crippen molar-refractivity contribution in [1.82, 2.24) is 10.3 Å². The zero-order valence-electron chi connectivity index (χ0n) is 12.6. The van der Waals surface area contributed by atoms with E-state index in [1.54, 1.807) is 13.3 Å². The van der Waals surface area contributed by atoms with Crippen molar-refractivity contribution in [3.8, 4) is 0 Å². The van der Waals surface area contributed by atoms with Crippen molar-refractivity contribution >= 4 is 5.82 Å². The molecule has 4 nitrogen and oxygen atoms in total. The molecule has 19 heavy (non-hydrogen) atoms. The summed E-state index contributed by atoms with van der Waals surface area (Å²) >= 11 is 0. The van der Waals surface area contributed by atoms with Gasteiger partial charge in [-0.25, -0.2) is 4.98 Å². The maximum absolute atomic E-state index is 6.05. The van der Waals surface area contributed by atoms with Crippen molar-refractivity contribution in [2.24, 2.45) is 0 Å². The van der Waals surface area contributed by atoms with Crippen molar-refractivity contribution in [2.75, 3.05) is 19.4 Å². The largest absolute Gasteiger partial charge is 0.383 e. The molecular formula is C15H27N3O. The average molecular weight is 265 g/mol. The van der Waals surface area contributed by atoms with Crippen molar-refractivity contribution in [1.29, 1.82) is 0 Å². The van der Waals surface area contributed by atoms with E-state index < -0.39 is 0 Å². The molecule has 1 atom stereocenters. The summed E-state index contributed by atoms with van der Waals surface area (Å²) < 4.78 is 5.86. The van der Waals surface area contributed by atoms with Crippen molar-refractivity contribution < 1.29 is 4.74 Å². The molecule has 3 N–H and O–H groups in total. The summed E-state index contributed by atoms with van der Waals surface area (Å²) in [5.74, 6) is 0.583. The Bertz CT molecular complexity index is 369. The molecule has 0 saturated carbocycles. The van der Waals surface area contributed by atoms with Crippen molar-refractivity contribution in [3.05, 3.63) is 23.9 Å². The zero-order chi connectivity index (χ0) is 14.3. The van der Waals surface area contributed by atoms with E-state index >= 15 is 0 Å². The van der Waals surface area contributed by atoms with E-state index in [0.717, 1.165) is 31.4 Å². The molecule has 0 aliphatic rings. The number of ether oxygens (including phenoxy) is 1. The summed E-state index contributed by atoms with van der Waals surface area (Å²) in [4.78, 5) is 4.21. The molecule has 1 heterocycles. The van der Waals surface area contributed by atoms with Gasteiger partial charge in [-0.15, -0.1) is 0 Å². The van der Waals surface area contributed by atoms with E-state index in [9.17, 15) is 0 Å². The van der Waals surface area contributed by atoms with E-state index in [0.29, 0.717) is 5.82 Å². The van der Waals surface area contributed by atoms with Crippen LogP contribution in [0, 0.1) is 0 Å². The molecule has 0 radical (unpaired) electrons. The lowest BCUT2D eigenvalue weighted by molar-refractivity contribution is -0.0484. The SMILES string of the molecule is CCCNC(c1cccnc1N)C(CC)(CC)OC. The van der Waals surface area contributed by atoms with Crippen LogP contribution in [-0.2, 0) is 4.74 Å². The average Bonchev–Trinajstić information content (AvgIpc) is 2.45. The predicted molar refractivity (Wildman–Crippen MR) is 80.0 cm³/mol. The van der Waals surface area contributed by atoms with Gasteiger partial charge in [0.05, 0.1) is 11.6 Å². The molecule has 1 rings (SSSR count). The number of aromatic nitrogens is 1. The highest BCUT2D eigenvalue weighted by atomic mass is 16.5. The minimum Gasteiger partial charge on any atom is -0.383 e. The van der Waals surface area contributed by atoms with Gasteiger partial charge in [-0.3, -0.25) is 0 Å². The second-order valence-electron chi connectivity index (χ2n) is 4.84. The molecule has 4 heteroatoms. The standard InChI is InChI=1S/C15H27N3O/c1-5-10-17-13(15(6-2,7-3)19-4)12-9-8-11-18-14(12)16/h8-9,11,13,17H,5-7,10H2,1-4H3,(H2,16,18). The zero-order valence-corrected chi connectivity index (χ0v) is 12.6. The number of anilines is 1. The van der Waals surface area contributed by atoms with Gasteiger partial charge >= 0.3 is 0 Å². The minimum atomic E-state index is -0.244. The van der Waals surface area contributed by atoms with Gasteiger partial charge in [-0.05, 0) is 31.9 Å². The lowest BCUT2D eigenvalue weighted by Gasteiger charge is -2.39. The third kappa shape index (κ3) is 3.45. The van der Waals surface area contributed by atoms with E-state index in [-0.39, 0.29) is 11.6 Å². The number of nitrogens with zero attached hydrogens (tertiary/aromatic N) is 1. The maximum atomic E-state index is 6.05. The lowest BCUT2D eigenvalue weighted by atomic mass is 9.83. The van der Waals surface area contributed by atoms with Crippen LogP contribution in [0.2, 0.25) is 0 Å². The monoisotopic (exact) mass is 265 g/mol. The quantitative estimate of drug-likeness (QED) is 0.758. The van der Waals surface area contributed by atoms with Gasteiger partial charge in [0, 0.05) is 18.9 Å². The number of pyridine rings is 1. The Kier molecular flexibility index (Phi) is 6.25. The Morgan fingerprint density at radius 3 is 2.53 bits per heavy atom. The van der Waals surface area contributed by atoms with Crippen LogP contribution in [0.5, 0.6) is 0 Å². The Labute approximate surface area is 116 Å². The van der Waals surface area contributed by atoms with Gasteiger partial charge in [0.2, 0.25) is 0 Å². The summed E-state index contributed by atoms with van der Waals surface area (Å²) in [5.41, 5.74) is 6.83. The molecule has 0 aromatic carbocycles. The molecule has 0 bridgehead atoms. The second-order valence-corrected chi connectivity index (χ2v) is 4.84. The van der Waals surface area contributed by atoms with Crippen LogP contribution < -0.4 is 11.1 Å². The second kappa shape index (κ2) is 7.46. The smallest absolute Gasteiger partial charge is 0.128 e. The number of hydrogen-bond donors (Lipinski definition) is 2. The summed E-state index contributed by atoms with van der Waals surface area (Å²) in [6, 6.07) is 4.04. The number of hydrogen-bond acceptors (Lipinski definition) is 4. The number of nitrogens with two attached hydrogens (primary N) is 1. The molecule has 0 amide bonds. The Morgan fingerprint density at radius 1 is 1.37 bits per heavy atom. The molecular weight excluding hydrogens is 238 g/mol. The van der Waals surface area contributed by atoms with Crippen LogP contribution in [0.25, 0.3) is 0 Å². The van der Waals surface area contributed by atoms with Gasteiger partial charge < -0.3 is 15.8 Å². The van der Waals surface area contributed by atoms with Gasteiger partial charge in [-0.2, -0.15) is 0 Å². The van der Waals surface area contributed by atoms with Crippen molar-refractivity contribution in [3.63, 3.8) is 0 Å². The van der Waals surface area contributed by atoms with Crippen LogP contribution in [0.4, 0.5) is 5.82 Å². The fraction of sp³-hybridized carbons (Fsp3) is 0.667. The first kappa shape index (κ1) is 15.9. The molecule has 0 fully saturated rings. The first-order valence-electron chi connectivity index (χ1n) is 7.14. The van der Waals surface area contributed by atoms with Crippen LogP contribution >= 0.6 is 0 Å². The summed E-state index contributed by atoms with van der Waals surface area (Å²) in [7, 11) is 1.78. The first-order chi connectivity index (χ1) is 9.15. The molecule has 1 aromatic rings. The summed E-state index contributed by atoms with van der Waals surface area (Å²) in [5, 5.41) is 3.58. The molecule has 0 aliphatic carbocycles. The van der Waals surface area contributed by atoms with Crippen LogP contribution in [0.3, 0.4) is 0 Å². The van der Waals surface area contributed by atoms with Crippen LogP contribution in [-0.4, -0.2) is 24.2 Å². The normalized spacial score (nSPS) is 13.5. The van der Waals surface area contributed by atoms with E-state index in [4.69, 9.17) is 10.5 Å². The number of nitrogen functional groups attached to an aromatic ring is 1. The van der Waals surface area contributed by atoms with Gasteiger partial charge in [0.1, 0.15) is 5.82 Å². The highest BCUT2D eigenvalue weighted by Crippen LogP contribution is 2.36. The highest BCUT2D eigenvalue weighted by Gasteiger charge is 2.37. The predicted octanol–water partition coefficient (Wildman–Crippen LogP) is 2.91. The topological polar surface area (TPSA) is 60.2 Å². The number of rotatable bonds is 8. The maximum Gasteiger partial charge on any atom is 0.128 e. The molecule has 1 unspecified atom stereocenters. The number of methoxy groups -OCH3 is 1. The first-order valence-corrected chi connectivity index (χ1v) is 7.14. The van der Waals surface area contributed by atoms with Gasteiger partial charge in [-0.1, -0.05) is 26.8 Å². The fourth-order valence-corrected chi connectivity index (χ4v) is 2.61.